The van der Waals surface area contributed by atoms with Crippen LogP contribution in [0.1, 0.15) is 40.0 Å². The van der Waals surface area contributed by atoms with Crippen molar-refractivity contribution in [2.24, 2.45) is 10.9 Å². The first-order valence-corrected chi connectivity index (χ1v) is 14.5. The number of imidazole rings is 1. The third kappa shape index (κ3) is 7.16. The molecule has 2 aliphatic heterocycles. The van der Waals surface area contributed by atoms with E-state index in [0.29, 0.717) is 55.4 Å². The fraction of sp³-hybridized carbons (Fsp3) is 0.652. The van der Waals surface area contributed by atoms with E-state index in [2.05, 4.69) is 40.2 Å². The van der Waals surface area contributed by atoms with Crippen LogP contribution in [-0.2, 0) is 30.9 Å². The second kappa shape index (κ2) is 11.2. The molecule has 4 heterocycles. The molecule has 1 amide bonds. The van der Waals surface area contributed by atoms with Gasteiger partial charge in [-0.2, -0.15) is 4.72 Å². The molecular weight excluding hydrogens is 514 g/mol. The standard InChI is InChI=1S/C23H35N9O5S/c1-23(2,3)37-21(34)16(30-38(4,35)36)12-32-14-28-17-18(26-13-27-19(17)32)31-10-6-15(7-11-31)20(33)29-22-24-8-5-9-25-22/h13-16,30H,5-12H2,1-4H3,(H2,24,25,29,33)/t16-/m0/s1. The number of nitrogens with one attached hydrogen (secondary N) is 3. The largest absolute Gasteiger partial charge is 0.459 e. The van der Waals surface area contributed by atoms with Crippen LogP contribution >= 0.6 is 0 Å². The van der Waals surface area contributed by atoms with Gasteiger partial charge in [0.1, 0.15) is 18.0 Å². The zero-order valence-corrected chi connectivity index (χ0v) is 22.9. The number of sulfonamides is 1. The molecule has 4 rings (SSSR count). The highest BCUT2D eigenvalue weighted by molar-refractivity contribution is 7.88. The molecule has 0 radical (unpaired) electrons. The Morgan fingerprint density at radius 1 is 1.21 bits per heavy atom. The van der Waals surface area contributed by atoms with Crippen molar-refractivity contribution in [2.45, 2.75) is 58.2 Å². The lowest BCUT2D eigenvalue weighted by Gasteiger charge is -2.32. The van der Waals surface area contributed by atoms with Crippen LogP contribution in [0.2, 0.25) is 0 Å². The summed E-state index contributed by atoms with van der Waals surface area (Å²) in [6, 6.07) is -1.17. The first-order valence-electron chi connectivity index (χ1n) is 12.6. The molecule has 3 N–H and O–H groups in total. The van der Waals surface area contributed by atoms with Crippen LogP contribution in [0.15, 0.2) is 17.6 Å². The number of esters is 1. The van der Waals surface area contributed by atoms with Crippen LogP contribution in [0.5, 0.6) is 0 Å². The van der Waals surface area contributed by atoms with E-state index >= 15 is 0 Å². The van der Waals surface area contributed by atoms with Crippen molar-refractivity contribution in [2.75, 3.05) is 37.3 Å². The number of piperidine rings is 1. The van der Waals surface area contributed by atoms with Gasteiger partial charge in [-0.25, -0.2) is 23.4 Å². The van der Waals surface area contributed by atoms with E-state index < -0.39 is 27.6 Å². The average Bonchev–Trinajstić information content (AvgIpc) is 3.25. The van der Waals surface area contributed by atoms with E-state index in [0.717, 1.165) is 19.2 Å². The number of fused-ring (bicyclic) bond motifs is 1. The third-order valence-electron chi connectivity index (χ3n) is 6.11. The predicted molar refractivity (Wildman–Crippen MR) is 141 cm³/mol. The van der Waals surface area contributed by atoms with E-state index in [1.807, 2.05) is 0 Å². The lowest BCUT2D eigenvalue weighted by molar-refractivity contribution is -0.157. The number of rotatable bonds is 7. The number of hydrogen-bond donors (Lipinski definition) is 3. The van der Waals surface area contributed by atoms with E-state index in [9.17, 15) is 18.0 Å². The van der Waals surface area contributed by atoms with Crippen molar-refractivity contribution in [1.29, 1.82) is 0 Å². The average molecular weight is 550 g/mol. The van der Waals surface area contributed by atoms with Crippen molar-refractivity contribution < 1.29 is 22.7 Å². The molecular formula is C23H35N9O5S. The fourth-order valence-corrected chi connectivity index (χ4v) is 5.10. The van der Waals surface area contributed by atoms with Crippen molar-refractivity contribution in [3.63, 3.8) is 0 Å². The summed E-state index contributed by atoms with van der Waals surface area (Å²) in [5.74, 6) is 0.289. The second-order valence-corrected chi connectivity index (χ2v) is 12.3. The maximum atomic E-state index is 12.8. The Hall–Kier alpha value is -3.33. The highest BCUT2D eigenvalue weighted by Gasteiger charge is 2.31. The molecule has 1 fully saturated rings. The molecule has 0 unspecified atom stereocenters. The molecule has 0 bridgehead atoms. The third-order valence-corrected chi connectivity index (χ3v) is 6.83. The zero-order chi connectivity index (χ0) is 27.5. The quantitative estimate of drug-likeness (QED) is 0.392. The molecule has 0 aliphatic carbocycles. The summed E-state index contributed by atoms with van der Waals surface area (Å²) in [4.78, 5) is 45.1. The first kappa shape index (κ1) is 27.7. The van der Waals surface area contributed by atoms with E-state index in [1.165, 1.54) is 12.7 Å². The van der Waals surface area contributed by atoms with Gasteiger partial charge in [-0.05, 0) is 40.0 Å². The topological polar surface area (TPSA) is 173 Å². The Balaban J connectivity index is 1.46. The number of aromatic nitrogens is 4. The van der Waals surface area contributed by atoms with Gasteiger partial charge in [0.15, 0.2) is 22.9 Å². The molecule has 2 aromatic rings. The number of hydrogen-bond acceptors (Lipinski definition) is 11. The summed E-state index contributed by atoms with van der Waals surface area (Å²) in [7, 11) is -3.70. The Morgan fingerprint density at radius 3 is 2.58 bits per heavy atom. The summed E-state index contributed by atoms with van der Waals surface area (Å²) in [6.07, 6.45) is 6.14. The highest BCUT2D eigenvalue weighted by Crippen LogP contribution is 2.27. The zero-order valence-electron chi connectivity index (χ0n) is 22.1. The highest BCUT2D eigenvalue weighted by atomic mass is 32.2. The summed E-state index contributed by atoms with van der Waals surface area (Å²) < 4.78 is 33.2. The molecule has 208 valence electrons. The lowest BCUT2D eigenvalue weighted by Crippen LogP contribution is -2.48. The predicted octanol–water partition coefficient (Wildman–Crippen LogP) is -0.232. The van der Waals surface area contributed by atoms with Crippen LogP contribution in [0, 0.1) is 5.92 Å². The summed E-state index contributed by atoms with van der Waals surface area (Å²) in [5, 5.41) is 5.99. The van der Waals surface area contributed by atoms with Crippen LogP contribution < -0.4 is 20.3 Å². The van der Waals surface area contributed by atoms with Gasteiger partial charge in [-0.15, -0.1) is 0 Å². The van der Waals surface area contributed by atoms with Gasteiger partial charge in [-0.3, -0.25) is 19.9 Å². The number of aliphatic imine (C=N–C) groups is 1. The minimum absolute atomic E-state index is 0.0403. The minimum Gasteiger partial charge on any atom is -0.459 e. The number of ether oxygens (including phenoxy) is 1. The Labute approximate surface area is 221 Å². The van der Waals surface area contributed by atoms with Gasteiger partial charge in [0.2, 0.25) is 15.9 Å². The number of guanidine groups is 1. The van der Waals surface area contributed by atoms with Crippen LogP contribution in [0.4, 0.5) is 5.82 Å². The maximum Gasteiger partial charge on any atom is 0.326 e. The number of amides is 1. The van der Waals surface area contributed by atoms with Crippen LogP contribution in [-0.4, -0.2) is 89.9 Å². The molecule has 0 saturated carbocycles. The van der Waals surface area contributed by atoms with Gasteiger partial charge in [0, 0.05) is 32.1 Å². The van der Waals surface area contributed by atoms with Gasteiger partial charge in [-0.1, -0.05) is 0 Å². The molecule has 0 aromatic carbocycles. The fourth-order valence-electron chi connectivity index (χ4n) is 4.41. The van der Waals surface area contributed by atoms with Gasteiger partial charge in [0.25, 0.3) is 0 Å². The summed E-state index contributed by atoms with van der Waals surface area (Å²) >= 11 is 0. The van der Waals surface area contributed by atoms with Gasteiger partial charge < -0.3 is 19.5 Å². The molecule has 2 aromatic heterocycles. The monoisotopic (exact) mass is 549 g/mol. The number of carbonyl (C=O) groups excluding carboxylic acids is 2. The number of nitrogens with zero attached hydrogens (tertiary/aromatic N) is 6. The van der Waals surface area contributed by atoms with Gasteiger partial charge >= 0.3 is 5.97 Å². The van der Waals surface area contributed by atoms with E-state index in [-0.39, 0.29) is 18.4 Å². The summed E-state index contributed by atoms with van der Waals surface area (Å²) in [5.41, 5.74) is 0.197. The van der Waals surface area contributed by atoms with Crippen LogP contribution in [0.3, 0.4) is 0 Å². The number of carbonyl (C=O) groups is 2. The van der Waals surface area contributed by atoms with Crippen molar-refractivity contribution in [1.82, 2.24) is 34.9 Å². The Bertz CT molecular complexity index is 1310. The molecule has 14 nitrogen and oxygen atoms in total. The molecule has 2 aliphatic rings. The van der Waals surface area contributed by atoms with E-state index in [4.69, 9.17) is 4.74 Å². The Morgan fingerprint density at radius 2 is 1.95 bits per heavy atom. The molecule has 1 saturated heterocycles. The lowest BCUT2D eigenvalue weighted by atomic mass is 9.96. The second-order valence-electron chi connectivity index (χ2n) is 10.5. The first-order chi connectivity index (χ1) is 17.9. The van der Waals surface area contributed by atoms with E-state index in [1.54, 1.807) is 25.3 Å². The molecule has 0 spiro atoms. The molecule has 38 heavy (non-hydrogen) atoms. The van der Waals surface area contributed by atoms with Crippen molar-refractivity contribution in [3.8, 4) is 0 Å². The number of anilines is 1. The SMILES string of the molecule is CC(C)(C)OC(=O)[C@H](Cn1cnc2c(N3CCC(C(=O)NC4=NCCCN4)CC3)ncnc21)NS(C)(=O)=O. The van der Waals surface area contributed by atoms with Crippen LogP contribution in [0.25, 0.3) is 11.2 Å². The van der Waals surface area contributed by atoms with Crippen molar-refractivity contribution >= 4 is 44.8 Å². The maximum absolute atomic E-state index is 12.8. The van der Waals surface area contributed by atoms with Crippen molar-refractivity contribution in [3.05, 3.63) is 12.7 Å². The Kier molecular flexibility index (Phi) is 8.16. The van der Waals surface area contributed by atoms with Gasteiger partial charge in [0.05, 0.1) is 19.1 Å². The minimum atomic E-state index is -3.70. The summed E-state index contributed by atoms with van der Waals surface area (Å²) in [6.45, 7) is 7.79. The molecule has 15 heteroatoms. The molecule has 1 atom stereocenters. The smallest absolute Gasteiger partial charge is 0.326 e. The normalized spacial score (nSPS) is 18.0.